The quantitative estimate of drug-likeness (QED) is 0.400. The van der Waals surface area contributed by atoms with Crippen LogP contribution in [0.25, 0.3) is 0 Å². The Kier molecular flexibility index (Phi) is 7.86. The molecule has 2 aliphatic carbocycles. The summed E-state index contributed by atoms with van der Waals surface area (Å²) in [7, 11) is 2.23. The van der Waals surface area contributed by atoms with Gasteiger partial charge in [-0.1, -0.05) is 48.5 Å². The van der Waals surface area contributed by atoms with Gasteiger partial charge in [-0.25, -0.2) is 0 Å². The maximum absolute atomic E-state index is 7.32. The Bertz CT molecular complexity index is 828. The fourth-order valence-corrected chi connectivity index (χ4v) is 4.60. The van der Waals surface area contributed by atoms with E-state index in [0.717, 1.165) is 58.0 Å². The van der Waals surface area contributed by atoms with Gasteiger partial charge in [-0.05, 0) is 80.8 Å². The van der Waals surface area contributed by atoms with Crippen molar-refractivity contribution < 1.29 is 0 Å². The van der Waals surface area contributed by atoms with Crippen LogP contribution in [0.15, 0.2) is 48.5 Å². The minimum Gasteiger partial charge on any atom is -0.306 e. The summed E-state index contributed by atoms with van der Waals surface area (Å²) in [6, 6.07) is 19.1. The number of hydrogen-bond acceptors (Lipinski definition) is 2. The van der Waals surface area contributed by atoms with Crippen LogP contribution in [-0.4, -0.2) is 25.0 Å². The Morgan fingerprint density at radius 1 is 0.867 bits per heavy atom. The summed E-state index contributed by atoms with van der Waals surface area (Å²) in [6.45, 7) is 3.63. The summed E-state index contributed by atoms with van der Waals surface area (Å²) in [6.07, 6.45) is 7.71. The molecule has 2 saturated carbocycles. The van der Waals surface area contributed by atoms with E-state index < -0.39 is 0 Å². The van der Waals surface area contributed by atoms with Crippen LogP contribution in [0.1, 0.15) is 61.3 Å². The first kappa shape index (κ1) is 23.1. The lowest BCUT2D eigenvalue weighted by Gasteiger charge is -2.22. The molecule has 0 bridgehead atoms. The number of likely N-dealkylation sites (N-methyl/N-ethyl adjacent to an activating group) is 1. The molecule has 2 nitrogen and oxygen atoms in total. The van der Waals surface area contributed by atoms with E-state index in [1.54, 1.807) is 6.07 Å². The molecule has 0 aliphatic heterocycles. The molecule has 0 saturated heterocycles. The van der Waals surface area contributed by atoms with Gasteiger partial charge in [0.25, 0.3) is 0 Å². The first-order valence-electron chi connectivity index (χ1n) is 11.0. The molecule has 4 rings (SSSR count). The molecule has 0 spiro atoms. The van der Waals surface area contributed by atoms with Crippen molar-refractivity contribution in [1.82, 2.24) is 4.90 Å². The van der Waals surface area contributed by atoms with Crippen molar-refractivity contribution in [1.29, 1.82) is 5.26 Å². The van der Waals surface area contributed by atoms with Crippen LogP contribution in [0.4, 0.5) is 0 Å². The number of halogens is 2. The molecule has 2 aromatic carbocycles. The smallest absolute Gasteiger partial charge is 0.0699 e. The van der Waals surface area contributed by atoms with Gasteiger partial charge in [0.05, 0.1) is 15.8 Å². The molecule has 30 heavy (non-hydrogen) atoms. The first-order valence-corrected chi connectivity index (χ1v) is 11.7. The van der Waals surface area contributed by atoms with E-state index in [9.17, 15) is 0 Å². The van der Waals surface area contributed by atoms with Crippen molar-refractivity contribution in [3.63, 3.8) is 0 Å². The summed E-state index contributed by atoms with van der Waals surface area (Å²) < 4.78 is 0. The third kappa shape index (κ3) is 6.01. The predicted molar refractivity (Wildman–Crippen MR) is 127 cm³/mol. The topological polar surface area (TPSA) is 27.0 Å². The molecule has 2 fully saturated rings. The van der Waals surface area contributed by atoms with E-state index in [2.05, 4.69) is 60.5 Å². The van der Waals surface area contributed by atoms with Crippen molar-refractivity contribution >= 4 is 23.2 Å². The Hall–Kier alpha value is -1.53. The molecule has 0 unspecified atom stereocenters. The van der Waals surface area contributed by atoms with Crippen LogP contribution in [0, 0.1) is 11.3 Å². The van der Waals surface area contributed by atoms with Gasteiger partial charge in [0, 0.05) is 13.5 Å². The first-order chi connectivity index (χ1) is 14.4. The molecule has 0 N–H and O–H groups in total. The zero-order valence-electron chi connectivity index (χ0n) is 18.1. The third-order valence-electron chi connectivity index (χ3n) is 6.11. The van der Waals surface area contributed by atoms with Crippen LogP contribution in [0.5, 0.6) is 0 Å². The number of alkyl halides is 2. The van der Waals surface area contributed by atoms with Crippen LogP contribution < -0.4 is 0 Å². The van der Waals surface area contributed by atoms with E-state index in [0.29, 0.717) is 0 Å². The largest absolute Gasteiger partial charge is 0.306 e. The molecule has 0 atom stereocenters. The number of hydrogen-bond donors (Lipinski definition) is 0. The molecule has 2 aromatic rings. The van der Waals surface area contributed by atoms with Gasteiger partial charge in [-0.2, -0.15) is 5.26 Å². The highest BCUT2D eigenvalue weighted by Gasteiger charge is 2.48. The van der Waals surface area contributed by atoms with E-state index in [-0.39, 0.29) is 9.75 Å². The monoisotopic (exact) mass is 442 g/mol. The second-order valence-electron chi connectivity index (χ2n) is 8.63. The Balaban J connectivity index is 0.000000806. The van der Waals surface area contributed by atoms with Gasteiger partial charge in [-0.3, -0.25) is 0 Å². The summed E-state index contributed by atoms with van der Waals surface area (Å²) >= 11 is 13.6. The number of nitrogens with zero attached hydrogens (tertiary/aromatic N) is 2. The van der Waals surface area contributed by atoms with Gasteiger partial charge in [-0.15, -0.1) is 23.2 Å². The van der Waals surface area contributed by atoms with Crippen molar-refractivity contribution in [2.45, 2.75) is 61.6 Å². The van der Waals surface area contributed by atoms with E-state index in [1.807, 2.05) is 0 Å². The molecule has 0 heterocycles. The van der Waals surface area contributed by atoms with Gasteiger partial charge >= 0.3 is 0 Å². The van der Waals surface area contributed by atoms with E-state index in [1.165, 1.54) is 29.2 Å². The average molecular weight is 443 g/mol. The predicted octanol–water partition coefficient (Wildman–Crippen LogP) is 6.78. The highest BCUT2D eigenvalue weighted by Crippen LogP contribution is 2.58. The number of benzene rings is 2. The van der Waals surface area contributed by atoms with Gasteiger partial charge < -0.3 is 4.90 Å². The molecule has 160 valence electrons. The zero-order valence-corrected chi connectivity index (χ0v) is 19.6. The molecule has 4 heteroatoms. The normalized spacial score (nSPS) is 17.6. The van der Waals surface area contributed by atoms with Crippen LogP contribution in [-0.2, 0) is 22.6 Å². The maximum Gasteiger partial charge on any atom is 0.0699 e. The number of nitriles is 1. The SMILES string of the molecule is CC#N.CN(CCCc1c(C2(Cl)CC2)cccc1C1(Cl)CC1)CCc1ccccc1. The highest BCUT2D eigenvalue weighted by atomic mass is 35.5. The summed E-state index contributed by atoms with van der Waals surface area (Å²) in [5, 5.41) is 7.32. The van der Waals surface area contributed by atoms with Crippen LogP contribution in [0.2, 0.25) is 0 Å². The van der Waals surface area contributed by atoms with Gasteiger partial charge in [0.2, 0.25) is 0 Å². The van der Waals surface area contributed by atoms with Crippen molar-refractivity contribution in [2.75, 3.05) is 20.1 Å². The molecule has 0 aromatic heterocycles. The molecular formula is C26H32Cl2N2. The van der Waals surface area contributed by atoms with Gasteiger partial charge in [0.1, 0.15) is 0 Å². The standard InChI is InChI=1S/C24H29Cl2N.C2H3N/c1-27(18-12-19-7-3-2-4-8-19)17-6-9-20-21(23(25)13-14-23)10-5-11-22(20)24(26)15-16-24;1-2-3/h2-5,7-8,10-11H,6,9,12-18H2,1H3;1H3. The fraction of sp³-hybridized carbons (Fsp3) is 0.500. The maximum atomic E-state index is 7.32. The Labute approximate surface area is 191 Å². The second kappa shape index (κ2) is 10.2. The van der Waals surface area contributed by atoms with Gasteiger partial charge in [0.15, 0.2) is 0 Å². The van der Waals surface area contributed by atoms with E-state index >= 15 is 0 Å². The van der Waals surface area contributed by atoms with Crippen LogP contribution >= 0.6 is 23.2 Å². The summed E-state index contributed by atoms with van der Waals surface area (Å²) in [5.41, 5.74) is 5.54. The molecule has 2 aliphatic rings. The third-order valence-corrected chi connectivity index (χ3v) is 7.27. The number of rotatable bonds is 9. The molecule has 0 amide bonds. The molecular weight excluding hydrogens is 411 g/mol. The fourth-order valence-electron chi connectivity index (χ4n) is 4.06. The lowest BCUT2D eigenvalue weighted by atomic mass is 9.91. The van der Waals surface area contributed by atoms with Crippen molar-refractivity contribution in [3.8, 4) is 6.07 Å². The highest BCUT2D eigenvalue weighted by molar-refractivity contribution is 6.27. The Morgan fingerprint density at radius 2 is 1.40 bits per heavy atom. The summed E-state index contributed by atoms with van der Waals surface area (Å²) in [4.78, 5) is 2.20. The van der Waals surface area contributed by atoms with Crippen molar-refractivity contribution in [2.24, 2.45) is 0 Å². The van der Waals surface area contributed by atoms with Crippen LogP contribution in [0.3, 0.4) is 0 Å². The zero-order chi connectivity index (χ0) is 21.6. The average Bonchev–Trinajstić information content (AvgIpc) is 3.67. The second-order valence-corrected chi connectivity index (χ2v) is 10.1. The minimum atomic E-state index is -0.118. The minimum absolute atomic E-state index is 0.118. The molecule has 0 radical (unpaired) electrons. The lowest BCUT2D eigenvalue weighted by molar-refractivity contribution is 0.333. The summed E-state index contributed by atoms with van der Waals surface area (Å²) in [5.74, 6) is 0. The lowest BCUT2D eigenvalue weighted by Crippen LogP contribution is -2.23. The van der Waals surface area contributed by atoms with Crippen molar-refractivity contribution in [3.05, 3.63) is 70.8 Å². The Morgan fingerprint density at radius 3 is 1.90 bits per heavy atom. The van der Waals surface area contributed by atoms with E-state index in [4.69, 9.17) is 28.5 Å².